The summed E-state index contributed by atoms with van der Waals surface area (Å²) in [7, 11) is -8.68. The largest absolute Gasteiger partial charge is 0.417 e. The van der Waals surface area contributed by atoms with E-state index in [1.54, 1.807) is 0 Å². The Labute approximate surface area is 561 Å². The summed E-state index contributed by atoms with van der Waals surface area (Å²) in [6, 6.07) is 43.0. The zero-order valence-corrected chi connectivity index (χ0v) is 61.7. The van der Waals surface area contributed by atoms with Gasteiger partial charge in [-0.3, -0.25) is 9.59 Å². The van der Waals surface area contributed by atoms with E-state index in [4.69, 9.17) is 41.7 Å². The van der Waals surface area contributed by atoms with Crippen molar-refractivity contribution in [1.29, 1.82) is 0 Å². The molecule has 4 aromatic rings. The Bertz CT molecular complexity index is 3100. The number of ketones is 2. The van der Waals surface area contributed by atoms with Gasteiger partial charge in [0.15, 0.2) is 8.32 Å². The quantitative estimate of drug-likeness (QED) is 0.0941. The Morgan fingerprint density at radius 3 is 1.56 bits per heavy atom. The smallest absolute Gasteiger partial charge is 0.261 e. The second-order valence-electron chi connectivity index (χ2n) is 32.8. The number of fused-ring (bicyclic) bond motifs is 7. The molecule has 506 valence electrons. The highest BCUT2D eigenvalue weighted by Gasteiger charge is 2.65. The van der Waals surface area contributed by atoms with E-state index in [0.717, 1.165) is 57.6 Å². The summed E-state index contributed by atoms with van der Waals surface area (Å²) < 4.78 is 67.8. The third-order valence-electron chi connectivity index (χ3n) is 23.1. The van der Waals surface area contributed by atoms with E-state index in [0.29, 0.717) is 51.6 Å². The molecule has 0 saturated carbocycles. The van der Waals surface area contributed by atoms with Gasteiger partial charge < -0.3 is 41.7 Å². The predicted octanol–water partition coefficient (Wildman–Crippen LogP) is 14.4. The first-order valence-corrected chi connectivity index (χ1v) is 42.3. The van der Waals surface area contributed by atoms with Crippen molar-refractivity contribution in [2.24, 2.45) is 23.7 Å². The lowest BCUT2D eigenvalue weighted by molar-refractivity contribution is -0.254. The molecular weight excluding hydrogens is 1210 g/mol. The van der Waals surface area contributed by atoms with E-state index in [9.17, 15) is 0 Å². The van der Waals surface area contributed by atoms with Gasteiger partial charge in [0.25, 0.3) is 16.6 Å². The SMILES string of the molecule is C=C1C[C@@H]2CCC(=O)C[C@H]3O[C@H]4[C@@H](O[Si](c5ccccc5)(c5ccccc5)C(C)(C)C)[C@H]5OC(CC[C@@H]5O[C@H]4[C@H]3O[Si](c3ccccc3)(c3ccccc3)C(C)(C)C)CC(=O)C[C@@H]3[C@@H](C)[C@@H](C[C@H](C)CO[Si](C)(C)C(C)(C)C)O[C@H]3CC3O[C@@H](CCC1O2)C[C@@H](C)C3=C. The Kier molecular flexibility index (Phi) is 21.5. The van der Waals surface area contributed by atoms with Crippen LogP contribution < -0.4 is 20.7 Å². The third kappa shape index (κ3) is 14.8. The van der Waals surface area contributed by atoms with Gasteiger partial charge in [-0.2, -0.15) is 0 Å². The number of rotatable bonds is 13. The molecule has 0 aliphatic carbocycles. The molecule has 7 saturated heterocycles. The molecule has 7 fully saturated rings. The number of hydrogen-bond donors (Lipinski definition) is 0. The van der Waals surface area contributed by atoms with Gasteiger partial charge >= 0.3 is 0 Å². The van der Waals surface area contributed by atoms with Crippen LogP contribution in [0.5, 0.6) is 0 Å². The molecule has 11 rings (SSSR count). The highest BCUT2D eigenvalue weighted by atomic mass is 28.4. The molecule has 0 spiro atoms. The molecule has 0 radical (unpaired) electrons. The van der Waals surface area contributed by atoms with Gasteiger partial charge in [0.2, 0.25) is 0 Å². The molecule has 7 aliphatic heterocycles. The number of Topliss-reactive ketones (excluding diaryl/α,β-unsaturated/α-hetero) is 2. The Morgan fingerprint density at radius 1 is 0.505 bits per heavy atom. The van der Waals surface area contributed by atoms with E-state index in [-0.39, 0.29) is 89.7 Å². The van der Waals surface area contributed by atoms with Crippen LogP contribution in [0.25, 0.3) is 0 Å². The van der Waals surface area contributed by atoms with Crippen molar-refractivity contribution >= 4 is 57.3 Å². The fourth-order valence-electron chi connectivity index (χ4n) is 16.9. The van der Waals surface area contributed by atoms with Gasteiger partial charge in [-0.25, -0.2) is 0 Å². The molecule has 7 aliphatic rings. The highest BCUT2D eigenvalue weighted by Crippen LogP contribution is 2.50. The van der Waals surface area contributed by atoms with E-state index >= 15 is 9.59 Å². The summed E-state index contributed by atoms with van der Waals surface area (Å²) in [5, 5.41) is 3.84. The van der Waals surface area contributed by atoms with E-state index in [1.165, 1.54) is 0 Å². The van der Waals surface area contributed by atoms with Crippen molar-refractivity contribution in [2.75, 3.05) is 6.61 Å². The molecule has 14 heteroatoms. The van der Waals surface area contributed by atoms with Crippen molar-refractivity contribution in [3.8, 4) is 0 Å². The standard InChI is InChI=1S/C79H112O11Si3/c1-51(50-82-91(15,16)77(6,7)8)43-68-55(5)65-47-57(81)46-60-40-42-67-72(85-60)76(90-93(79(12,13)14,63-33-25-19-26-34-63)64-35-27-20-28-36-64)75-74(87-67)73(89-92(78(9,10)11,61-29-21-17-22-30-61)62-31-23-18-24-32-62)71(88-75)48-56(80)37-38-58-45-53(3)66(83-58)41-39-59-44-52(2)54(4)69(84-59)49-70(65)86-68/h17-36,51-52,55,58-60,65-76H,3-4,37-50H2,1-2,5-16H3/t51-,52+,55+,58-,59-,60?,65+,66?,67-,68+,69?,70-,71+,72-,73-,74-,75+,76-/m0/s1. The highest BCUT2D eigenvalue weighted by molar-refractivity contribution is 7.00. The summed E-state index contributed by atoms with van der Waals surface area (Å²) >= 11 is 0. The molecule has 0 N–H and O–H groups in total. The van der Waals surface area contributed by atoms with Crippen LogP contribution >= 0.6 is 0 Å². The number of benzene rings is 4. The maximum atomic E-state index is 15.4. The summed E-state index contributed by atoms with van der Waals surface area (Å²) in [6.45, 7) is 42.2. The van der Waals surface area contributed by atoms with Gasteiger partial charge in [-0.1, -0.05) is 218 Å². The summed E-state index contributed by atoms with van der Waals surface area (Å²) in [5.41, 5.74) is 2.18. The minimum Gasteiger partial charge on any atom is -0.417 e. The Hall–Kier alpha value is -4.01. The molecule has 0 aromatic heterocycles. The van der Waals surface area contributed by atoms with Crippen LogP contribution in [-0.4, -0.2) is 129 Å². The molecule has 18 atom stereocenters. The zero-order chi connectivity index (χ0) is 66.4. The maximum Gasteiger partial charge on any atom is 0.261 e. The van der Waals surface area contributed by atoms with E-state index in [2.05, 4.69) is 231 Å². The van der Waals surface area contributed by atoms with Crippen molar-refractivity contribution in [1.82, 2.24) is 0 Å². The molecule has 3 unspecified atom stereocenters. The number of hydrogen-bond acceptors (Lipinski definition) is 11. The lowest BCUT2D eigenvalue weighted by Gasteiger charge is -2.53. The minimum absolute atomic E-state index is 0.00878. The van der Waals surface area contributed by atoms with Crippen molar-refractivity contribution in [3.05, 3.63) is 146 Å². The minimum atomic E-state index is -3.37. The van der Waals surface area contributed by atoms with Crippen molar-refractivity contribution in [3.63, 3.8) is 0 Å². The molecule has 7 heterocycles. The Morgan fingerprint density at radius 2 is 1.01 bits per heavy atom. The van der Waals surface area contributed by atoms with E-state index < -0.39 is 83.9 Å². The number of carbonyl (C=O) groups is 2. The first-order chi connectivity index (χ1) is 44.1. The van der Waals surface area contributed by atoms with Crippen LogP contribution in [-0.2, 0) is 51.3 Å². The van der Waals surface area contributed by atoms with Crippen LogP contribution in [0, 0.1) is 23.7 Å². The Balaban J connectivity index is 0.991. The summed E-state index contributed by atoms with van der Waals surface area (Å²) in [5.74, 6) is 0.861. The van der Waals surface area contributed by atoms with Gasteiger partial charge in [-0.15, -0.1) is 0 Å². The lowest BCUT2D eigenvalue weighted by atomic mass is 9.78. The van der Waals surface area contributed by atoms with Crippen molar-refractivity contribution in [2.45, 2.75) is 280 Å². The topological polar surface area (TPSA) is 117 Å². The molecule has 4 aromatic carbocycles. The maximum absolute atomic E-state index is 15.4. The van der Waals surface area contributed by atoms with Gasteiger partial charge in [0.1, 0.15) is 42.1 Å². The molecule has 0 amide bonds. The average Bonchev–Trinajstić information content (AvgIpc) is 1.71. The van der Waals surface area contributed by atoms with E-state index in [1.807, 2.05) is 0 Å². The summed E-state index contributed by atoms with van der Waals surface area (Å²) in [4.78, 5) is 30.5. The average molecular weight is 1320 g/mol. The lowest BCUT2D eigenvalue weighted by Crippen LogP contribution is -2.73. The van der Waals surface area contributed by atoms with Crippen LogP contribution in [0.2, 0.25) is 28.2 Å². The summed E-state index contributed by atoms with van der Waals surface area (Å²) in [6.07, 6.45) is 1.97. The fraction of sp³-hybridized carbons (Fsp3) is 0.620. The second kappa shape index (κ2) is 28.4. The first kappa shape index (κ1) is 70.3. The van der Waals surface area contributed by atoms with Gasteiger partial charge in [0, 0.05) is 38.7 Å². The molecule has 93 heavy (non-hydrogen) atoms. The van der Waals surface area contributed by atoms with Gasteiger partial charge in [-0.05, 0) is 135 Å². The monoisotopic (exact) mass is 1320 g/mol. The zero-order valence-electron chi connectivity index (χ0n) is 58.7. The van der Waals surface area contributed by atoms with Gasteiger partial charge in [0.05, 0.1) is 54.9 Å². The number of ether oxygens (including phenoxy) is 6. The molecular formula is C79H112O11Si3. The second-order valence-corrected chi connectivity index (χ2v) is 46.1. The van der Waals surface area contributed by atoms with Crippen LogP contribution in [0.4, 0.5) is 0 Å². The first-order valence-electron chi connectivity index (χ1n) is 35.6. The fourth-order valence-corrected chi connectivity index (χ4v) is 27.4. The predicted molar refractivity (Wildman–Crippen MR) is 379 cm³/mol. The molecule has 8 bridgehead atoms. The molecule has 11 nitrogen and oxygen atoms in total. The van der Waals surface area contributed by atoms with Crippen LogP contribution in [0.3, 0.4) is 0 Å². The van der Waals surface area contributed by atoms with Crippen LogP contribution in [0.1, 0.15) is 167 Å². The normalized spacial score (nSPS) is 33.3. The van der Waals surface area contributed by atoms with Crippen molar-refractivity contribution < 1.29 is 51.3 Å². The third-order valence-corrected chi connectivity index (χ3v) is 37.7. The number of carbonyl (C=O) groups excluding carboxylic acids is 2. The van der Waals surface area contributed by atoms with Crippen LogP contribution in [0.15, 0.2) is 146 Å².